The summed E-state index contributed by atoms with van der Waals surface area (Å²) >= 11 is 0. The zero-order valence-electron chi connectivity index (χ0n) is 17.0. The molecule has 4 heteroatoms. The fourth-order valence-electron chi connectivity index (χ4n) is 3.95. The fraction of sp³-hybridized carbons (Fsp3) is 0.522. The first-order valence-electron chi connectivity index (χ1n) is 9.75. The molecule has 1 amide bonds. The molecule has 1 saturated heterocycles. The van der Waals surface area contributed by atoms with Crippen molar-refractivity contribution < 1.29 is 14.3 Å². The molecule has 0 aromatic heterocycles. The maximum atomic E-state index is 12.4. The molecule has 146 valence electrons. The van der Waals surface area contributed by atoms with E-state index in [1.165, 1.54) is 16.3 Å². The van der Waals surface area contributed by atoms with Gasteiger partial charge in [0.25, 0.3) is 0 Å². The molecule has 0 radical (unpaired) electrons. The molecule has 1 aliphatic heterocycles. The molecule has 1 fully saturated rings. The van der Waals surface area contributed by atoms with Crippen molar-refractivity contribution in [2.75, 3.05) is 26.8 Å². The van der Waals surface area contributed by atoms with Gasteiger partial charge in [0, 0.05) is 25.6 Å². The number of hydrogen-bond acceptors (Lipinski definition) is 3. The SMILES string of the molecule is COCC1(Cc2ccc3ccccc3c2)CCN(C(=O)OC(C)(C)C)CC1. The van der Waals surface area contributed by atoms with E-state index in [1.54, 1.807) is 7.11 Å². The summed E-state index contributed by atoms with van der Waals surface area (Å²) in [6.45, 7) is 7.86. The Balaban J connectivity index is 1.70. The van der Waals surface area contributed by atoms with E-state index in [2.05, 4.69) is 42.5 Å². The molecule has 0 spiro atoms. The predicted octanol–water partition coefficient (Wildman–Crippen LogP) is 5.05. The van der Waals surface area contributed by atoms with Crippen LogP contribution in [0.5, 0.6) is 0 Å². The quantitative estimate of drug-likeness (QED) is 0.757. The van der Waals surface area contributed by atoms with Gasteiger partial charge in [-0.25, -0.2) is 4.79 Å². The summed E-state index contributed by atoms with van der Waals surface area (Å²) in [6, 6.07) is 15.2. The van der Waals surface area contributed by atoms with Crippen molar-refractivity contribution in [3.63, 3.8) is 0 Å². The van der Waals surface area contributed by atoms with Crippen molar-refractivity contribution in [1.82, 2.24) is 4.90 Å². The van der Waals surface area contributed by atoms with E-state index in [1.807, 2.05) is 25.7 Å². The standard InChI is InChI=1S/C23H31NO3/c1-22(2,3)27-21(25)24-13-11-23(12-14-24,17-26-4)16-18-9-10-19-7-5-6-8-20(19)15-18/h5-10,15H,11-14,16-17H2,1-4H3. The van der Waals surface area contributed by atoms with Crippen molar-refractivity contribution in [3.8, 4) is 0 Å². The van der Waals surface area contributed by atoms with Crippen molar-refractivity contribution >= 4 is 16.9 Å². The third-order valence-corrected chi connectivity index (χ3v) is 5.32. The normalized spacial score (nSPS) is 17.1. The number of carbonyl (C=O) groups excluding carboxylic acids is 1. The highest BCUT2D eigenvalue weighted by atomic mass is 16.6. The highest BCUT2D eigenvalue weighted by Crippen LogP contribution is 2.36. The summed E-state index contributed by atoms with van der Waals surface area (Å²) in [7, 11) is 1.77. The number of rotatable bonds is 4. The van der Waals surface area contributed by atoms with Gasteiger partial charge < -0.3 is 14.4 Å². The third-order valence-electron chi connectivity index (χ3n) is 5.32. The molecule has 3 rings (SSSR count). The fourth-order valence-corrected chi connectivity index (χ4v) is 3.95. The van der Waals surface area contributed by atoms with Crippen LogP contribution in [0.4, 0.5) is 4.79 Å². The molecular weight excluding hydrogens is 338 g/mol. The summed E-state index contributed by atoms with van der Waals surface area (Å²) in [4.78, 5) is 14.2. The van der Waals surface area contributed by atoms with Gasteiger partial charge in [-0.15, -0.1) is 0 Å². The molecule has 0 unspecified atom stereocenters. The molecule has 4 nitrogen and oxygen atoms in total. The molecular formula is C23H31NO3. The maximum Gasteiger partial charge on any atom is 0.410 e. The predicted molar refractivity (Wildman–Crippen MR) is 109 cm³/mol. The first-order valence-corrected chi connectivity index (χ1v) is 9.75. The van der Waals surface area contributed by atoms with Gasteiger partial charge in [-0.3, -0.25) is 0 Å². The molecule has 1 aliphatic rings. The van der Waals surface area contributed by atoms with Crippen LogP contribution in [0.15, 0.2) is 42.5 Å². The van der Waals surface area contributed by atoms with Crippen LogP contribution in [-0.4, -0.2) is 43.4 Å². The maximum absolute atomic E-state index is 12.4. The van der Waals surface area contributed by atoms with Gasteiger partial charge in [0.15, 0.2) is 0 Å². The van der Waals surface area contributed by atoms with E-state index < -0.39 is 5.60 Å². The van der Waals surface area contributed by atoms with E-state index in [4.69, 9.17) is 9.47 Å². The lowest BCUT2D eigenvalue weighted by molar-refractivity contribution is -0.00671. The van der Waals surface area contributed by atoms with E-state index in [0.717, 1.165) is 19.3 Å². The third kappa shape index (κ3) is 5.01. The summed E-state index contributed by atoms with van der Waals surface area (Å²) in [5, 5.41) is 2.54. The average molecular weight is 370 g/mol. The van der Waals surface area contributed by atoms with Gasteiger partial charge in [-0.05, 0) is 56.4 Å². The largest absolute Gasteiger partial charge is 0.444 e. The van der Waals surface area contributed by atoms with Crippen LogP contribution in [0.3, 0.4) is 0 Å². The molecule has 0 N–H and O–H groups in total. The average Bonchev–Trinajstić information content (AvgIpc) is 2.61. The van der Waals surface area contributed by atoms with Crippen LogP contribution in [-0.2, 0) is 15.9 Å². The number of amides is 1. The van der Waals surface area contributed by atoms with E-state index in [9.17, 15) is 4.79 Å². The second-order valence-electron chi connectivity index (χ2n) is 8.76. The Kier molecular flexibility index (Phi) is 5.75. The van der Waals surface area contributed by atoms with Crippen LogP contribution < -0.4 is 0 Å². The van der Waals surface area contributed by atoms with E-state index in [-0.39, 0.29) is 11.5 Å². The minimum Gasteiger partial charge on any atom is -0.444 e. The lowest BCUT2D eigenvalue weighted by Crippen LogP contribution is -2.47. The number of piperidine rings is 1. The Morgan fingerprint density at radius 2 is 1.74 bits per heavy atom. The van der Waals surface area contributed by atoms with Crippen LogP contribution >= 0.6 is 0 Å². The molecule has 2 aromatic carbocycles. The lowest BCUT2D eigenvalue weighted by atomic mass is 9.74. The first-order chi connectivity index (χ1) is 12.8. The van der Waals surface area contributed by atoms with Gasteiger partial charge in [-0.2, -0.15) is 0 Å². The number of hydrogen-bond donors (Lipinski definition) is 0. The monoisotopic (exact) mass is 369 g/mol. The summed E-state index contributed by atoms with van der Waals surface area (Å²) in [5.74, 6) is 0. The van der Waals surface area contributed by atoms with Crippen LogP contribution in [0.25, 0.3) is 10.8 Å². The number of carbonyl (C=O) groups is 1. The smallest absolute Gasteiger partial charge is 0.410 e. The van der Waals surface area contributed by atoms with Crippen LogP contribution in [0.2, 0.25) is 0 Å². The van der Waals surface area contributed by atoms with Gasteiger partial charge >= 0.3 is 6.09 Å². The molecule has 0 atom stereocenters. The molecule has 27 heavy (non-hydrogen) atoms. The first kappa shape index (κ1) is 19.7. The molecule has 0 aliphatic carbocycles. The number of nitrogens with zero attached hydrogens (tertiary/aromatic N) is 1. The topological polar surface area (TPSA) is 38.8 Å². The van der Waals surface area contributed by atoms with E-state index in [0.29, 0.717) is 19.7 Å². The van der Waals surface area contributed by atoms with Gasteiger partial charge in [0.2, 0.25) is 0 Å². The second kappa shape index (κ2) is 7.89. The number of likely N-dealkylation sites (tertiary alicyclic amines) is 1. The van der Waals surface area contributed by atoms with Crippen molar-refractivity contribution in [3.05, 3.63) is 48.0 Å². The van der Waals surface area contributed by atoms with Gasteiger partial charge in [-0.1, -0.05) is 42.5 Å². The summed E-state index contributed by atoms with van der Waals surface area (Å²) in [5.41, 5.74) is 0.940. The Hall–Kier alpha value is -2.07. The van der Waals surface area contributed by atoms with Crippen LogP contribution in [0, 0.1) is 5.41 Å². The second-order valence-corrected chi connectivity index (χ2v) is 8.76. The molecule has 0 saturated carbocycles. The van der Waals surface area contributed by atoms with Gasteiger partial charge in [0.1, 0.15) is 5.60 Å². The zero-order valence-corrected chi connectivity index (χ0v) is 17.0. The minimum absolute atomic E-state index is 0.0652. The summed E-state index contributed by atoms with van der Waals surface area (Å²) < 4.78 is 11.1. The Morgan fingerprint density at radius 3 is 2.37 bits per heavy atom. The number of ether oxygens (including phenoxy) is 2. The minimum atomic E-state index is -0.455. The highest BCUT2D eigenvalue weighted by molar-refractivity contribution is 5.83. The number of benzene rings is 2. The summed E-state index contributed by atoms with van der Waals surface area (Å²) in [6.07, 6.45) is 2.60. The Bertz CT molecular complexity index is 786. The van der Waals surface area contributed by atoms with Gasteiger partial charge in [0.05, 0.1) is 6.61 Å². The van der Waals surface area contributed by atoms with Crippen molar-refractivity contribution in [1.29, 1.82) is 0 Å². The number of methoxy groups -OCH3 is 1. The lowest BCUT2D eigenvalue weighted by Gasteiger charge is -2.41. The zero-order chi connectivity index (χ0) is 19.5. The van der Waals surface area contributed by atoms with Crippen LogP contribution in [0.1, 0.15) is 39.2 Å². The van der Waals surface area contributed by atoms with E-state index >= 15 is 0 Å². The Labute approximate surface area is 162 Å². The Morgan fingerprint density at radius 1 is 1.07 bits per heavy atom. The number of fused-ring (bicyclic) bond motifs is 1. The van der Waals surface area contributed by atoms with Crippen molar-refractivity contribution in [2.24, 2.45) is 5.41 Å². The highest BCUT2D eigenvalue weighted by Gasteiger charge is 2.37. The molecule has 1 heterocycles. The van der Waals surface area contributed by atoms with Crippen molar-refractivity contribution in [2.45, 2.75) is 45.6 Å². The molecule has 2 aromatic rings. The molecule has 0 bridgehead atoms.